The van der Waals surface area contributed by atoms with Crippen LogP contribution in [0.25, 0.3) is 0 Å². The molecule has 0 fully saturated rings. The summed E-state index contributed by atoms with van der Waals surface area (Å²) in [6.45, 7) is 1.98. The van der Waals surface area contributed by atoms with E-state index in [2.05, 4.69) is 28.7 Å². The Balaban J connectivity index is 2.25. The number of hydrogen-bond donors (Lipinski definition) is 2. The Morgan fingerprint density at radius 2 is 2.50 bits per heavy atom. The molecule has 2 heteroatoms. The standard InChI is InChI=1S/C8H10N2/c1-2-7-6-9-5-3-8(7)10-4-1/h1-2,5,10H,3-4,6H2/p+1. The molecule has 0 spiro atoms. The molecule has 2 rings (SSSR count). The summed E-state index contributed by atoms with van der Waals surface area (Å²) in [6.07, 6.45) is 7.50. The molecule has 0 unspecified atom stereocenters. The van der Waals surface area contributed by atoms with Gasteiger partial charge in [0.2, 0.25) is 0 Å². The minimum Gasteiger partial charge on any atom is -0.384 e. The van der Waals surface area contributed by atoms with E-state index in [9.17, 15) is 0 Å². The highest BCUT2D eigenvalue weighted by Crippen LogP contribution is 2.08. The molecule has 52 valence electrons. The van der Waals surface area contributed by atoms with Crippen molar-refractivity contribution in [3.8, 4) is 0 Å². The monoisotopic (exact) mass is 135 g/mol. The second kappa shape index (κ2) is 2.29. The Morgan fingerprint density at radius 1 is 1.50 bits per heavy atom. The molecule has 2 N–H and O–H groups in total. The smallest absolute Gasteiger partial charge is 0.167 e. The van der Waals surface area contributed by atoms with Crippen molar-refractivity contribution < 1.29 is 4.99 Å². The van der Waals surface area contributed by atoms with E-state index < -0.39 is 0 Å². The third kappa shape index (κ3) is 0.856. The van der Waals surface area contributed by atoms with Crippen molar-refractivity contribution in [1.82, 2.24) is 5.32 Å². The van der Waals surface area contributed by atoms with Crippen LogP contribution in [-0.2, 0) is 0 Å². The van der Waals surface area contributed by atoms with Crippen LogP contribution >= 0.6 is 0 Å². The first-order valence-corrected chi connectivity index (χ1v) is 3.64. The summed E-state index contributed by atoms with van der Waals surface area (Å²) in [4.78, 5) is 3.21. The molecule has 0 atom stereocenters. The molecule has 0 aromatic heterocycles. The average molecular weight is 135 g/mol. The number of hydrogen-bond acceptors (Lipinski definition) is 1. The number of dihydropyridines is 1. The minimum absolute atomic E-state index is 0.985. The lowest BCUT2D eigenvalue weighted by atomic mass is 10.1. The molecule has 0 amide bonds. The first-order valence-electron chi connectivity index (χ1n) is 3.64. The molecule has 0 aromatic carbocycles. The van der Waals surface area contributed by atoms with Gasteiger partial charge in [0.15, 0.2) is 6.54 Å². The van der Waals surface area contributed by atoms with Gasteiger partial charge < -0.3 is 5.32 Å². The van der Waals surface area contributed by atoms with Gasteiger partial charge in [0.1, 0.15) is 6.21 Å². The van der Waals surface area contributed by atoms with E-state index in [4.69, 9.17) is 0 Å². The third-order valence-electron chi connectivity index (χ3n) is 1.88. The summed E-state index contributed by atoms with van der Waals surface area (Å²) < 4.78 is 0. The van der Waals surface area contributed by atoms with Gasteiger partial charge in [-0.1, -0.05) is 12.2 Å². The van der Waals surface area contributed by atoms with E-state index in [-0.39, 0.29) is 0 Å². The number of rotatable bonds is 0. The van der Waals surface area contributed by atoms with Crippen LogP contribution < -0.4 is 10.3 Å². The van der Waals surface area contributed by atoms with Crippen LogP contribution in [0.5, 0.6) is 0 Å². The Bertz CT molecular complexity index is 223. The fraction of sp³-hybridized carbons (Fsp3) is 0.375. The number of nitrogens with one attached hydrogen (secondary N) is 2. The molecule has 0 saturated carbocycles. The lowest BCUT2D eigenvalue weighted by Crippen LogP contribution is -2.71. The van der Waals surface area contributed by atoms with Gasteiger partial charge in [-0.3, -0.25) is 0 Å². The van der Waals surface area contributed by atoms with Gasteiger partial charge in [-0.05, 0) is 0 Å². The van der Waals surface area contributed by atoms with Crippen LogP contribution in [-0.4, -0.2) is 19.3 Å². The van der Waals surface area contributed by atoms with Crippen LogP contribution in [0.3, 0.4) is 0 Å². The zero-order valence-electron chi connectivity index (χ0n) is 5.85. The summed E-state index contributed by atoms with van der Waals surface area (Å²) in [5, 5.41) is 3.34. The van der Waals surface area contributed by atoms with E-state index in [1.165, 1.54) is 11.3 Å². The highest BCUT2D eigenvalue weighted by molar-refractivity contribution is 5.57. The molecule has 0 bridgehead atoms. The quantitative estimate of drug-likeness (QED) is 0.436. The summed E-state index contributed by atoms with van der Waals surface area (Å²) in [6, 6.07) is 0. The normalized spacial score (nSPS) is 22.4. The zero-order chi connectivity index (χ0) is 6.81. The van der Waals surface area contributed by atoms with Crippen LogP contribution in [0.15, 0.2) is 23.4 Å². The Morgan fingerprint density at radius 3 is 3.40 bits per heavy atom. The third-order valence-corrected chi connectivity index (χ3v) is 1.88. The molecular formula is C8H11N2+. The summed E-state index contributed by atoms with van der Waals surface area (Å²) in [5.74, 6) is 0. The van der Waals surface area contributed by atoms with Gasteiger partial charge in [0.25, 0.3) is 0 Å². The molecule has 2 heterocycles. The zero-order valence-corrected chi connectivity index (χ0v) is 5.85. The van der Waals surface area contributed by atoms with Gasteiger partial charge in [-0.25, -0.2) is 4.99 Å². The highest BCUT2D eigenvalue weighted by Gasteiger charge is 2.11. The lowest BCUT2D eigenvalue weighted by molar-refractivity contribution is -0.444. The van der Waals surface area contributed by atoms with Crippen molar-refractivity contribution in [2.45, 2.75) is 6.42 Å². The van der Waals surface area contributed by atoms with Crippen LogP contribution in [0.1, 0.15) is 6.42 Å². The summed E-state index contributed by atoms with van der Waals surface area (Å²) >= 11 is 0. The number of allylic oxidation sites excluding steroid dienone is 1. The van der Waals surface area contributed by atoms with Crippen molar-refractivity contribution in [2.24, 2.45) is 0 Å². The average Bonchev–Trinajstić information content (AvgIpc) is 2.05. The Labute approximate surface area is 60.3 Å². The summed E-state index contributed by atoms with van der Waals surface area (Å²) in [7, 11) is 0. The molecule has 10 heavy (non-hydrogen) atoms. The van der Waals surface area contributed by atoms with E-state index in [0.717, 1.165) is 19.5 Å². The second-order valence-electron chi connectivity index (χ2n) is 2.58. The Hall–Kier alpha value is -1.05. The first kappa shape index (κ1) is 5.71. The fourth-order valence-electron chi connectivity index (χ4n) is 1.32. The molecule has 2 aliphatic heterocycles. The molecule has 0 radical (unpaired) electrons. The van der Waals surface area contributed by atoms with Crippen molar-refractivity contribution in [2.75, 3.05) is 13.1 Å². The largest absolute Gasteiger partial charge is 0.384 e. The van der Waals surface area contributed by atoms with Gasteiger partial charge in [-0.2, -0.15) is 0 Å². The molecular weight excluding hydrogens is 124 g/mol. The van der Waals surface area contributed by atoms with Crippen LogP contribution in [0, 0.1) is 0 Å². The SMILES string of the molecule is C1=CC2=C(CC=[NH+]C2)NC1. The maximum Gasteiger partial charge on any atom is 0.167 e. The molecule has 0 aromatic rings. The van der Waals surface area contributed by atoms with Crippen LogP contribution in [0.4, 0.5) is 0 Å². The van der Waals surface area contributed by atoms with E-state index in [1.54, 1.807) is 0 Å². The molecule has 2 aliphatic rings. The molecule has 2 nitrogen and oxygen atoms in total. The lowest BCUT2D eigenvalue weighted by Gasteiger charge is -2.15. The fourth-order valence-corrected chi connectivity index (χ4v) is 1.32. The Kier molecular flexibility index (Phi) is 1.31. The van der Waals surface area contributed by atoms with Crippen molar-refractivity contribution in [3.63, 3.8) is 0 Å². The topological polar surface area (TPSA) is 26.0 Å². The predicted molar refractivity (Wildman–Crippen MR) is 40.7 cm³/mol. The maximum atomic E-state index is 3.34. The maximum absolute atomic E-state index is 3.34. The molecule has 0 saturated heterocycles. The van der Waals surface area contributed by atoms with Gasteiger partial charge in [0, 0.05) is 17.8 Å². The predicted octanol–water partition coefficient (Wildman–Crippen LogP) is -1.04. The van der Waals surface area contributed by atoms with Gasteiger partial charge >= 0.3 is 0 Å². The van der Waals surface area contributed by atoms with Gasteiger partial charge in [0.05, 0.1) is 6.42 Å². The first-order chi connectivity index (χ1) is 4.97. The van der Waals surface area contributed by atoms with Gasteiger partial charge in [-0.15, -0.1) is 0 Å². The van der Waals surface area contributed by atoms with Crippen molar-refractivity contribution in [1.29, 1.82) is 0 Å². The van der Waals surface area contributed by atoms with Crippen molar-refractivity contribution in [3.05, 3.63) is 23.4 Å². The van der Waals surface area contributed by atoms with Crippen molar-refractivity contribution >= 4 is 6.21 Å². The van der Waals surface area contributed by atoms with E-state index in [0.29, 0.717) is 0 Å². The minimum atomic E-state index is 0.985. The van der Waals surface area contributed by atoms with Crippen LogP contribution in [0.2, 0.25) is 0 Å². The van der Waals surface area contributed by atoms with E-state index in [1.807, 2.05) is 0 Å². The molecule has 0 aliphatic carbocycles. The van der Waals surface area contributed by atoms with E-state index >= 15 is 0 Å². The highest BCUT2D eigenvalue weighted by atomic mass is 14.9. The summed E-state index contributed by atoms with van der Waals surface area (Å²) in [5.41, 5.74) is 2.80. The second-order valence-corrected chi connectivity index (χ2v) is 2.58.